The first-order valence-electron chi connectivity index (χ1n) is 19.6. The van der Waals surface area contributed by atoms with Gasteiger partial charge in [-0.1, -0.05) is 149 Å². The fraction of sp³-hybridized carbons (Fsp3) is 0.947. The van der Waals surface area contributed by atoms with Crippen molar-refractivity contribution in [2.75, 3.05) is 19.8 Å². The van der Waals surface area contributed by atoms with Gasteiger partial charge in [0.2, 0.25) is 0 Å². The first-order valence-corrected chi connectivity index (χ1v) is 19.6. The van der Waals surface area contributed by atoms with E-state index in [2.05, 4.69) is 13.8 Å². The summed E-state index contributed by atoms with van der Waals surface area (Å²) in [4.78, 5) is 25.1. The lowest BCUT2D eigenvalue weighted by atomic mass is 9.99. The molecule has 1 rings (SSSR count). The molecule has 4 N–H and O–H groups in total. The van der Waals surface area contributed by atoms with E-state index in [-0.39, 0.29) is 32.0 Å². The van der Waals surface area contributed by atoms with E-state index in [1.54, 1.807) is 0 Å². The van der Waals surface area contributed by atoms with Crippen LogP contribution in [0.15, 0.2) is 0 Å². The van der Waals surface area contributed by atoms with Crippen LogP contribution in [-0.2, 0) is 28.5 Å². The van der Waals surface area contributed by atoms with E-state index in [0.29, 0.717) is 6.42 Å². The number of carbonyl (C=O) groups excluding carboxylic acids is 2. The van der Waals surface area contributed by atoms with Gasteiger partial charge in [0.1, 0.15) is 31.0 Å². The van der Waals surface area contributed by atoms with Crippen molar-refractivity contribution in [1.82, 2.24) is 0 Å². The molecule has 0 aromatic rings. The Balaban J connectivity index is 2.34. The molecule has 0 aromatic carbocycles. The number of hydrogen-bond acceptors (Lipinski definition) is 10. The molecule has 0 aromatic heterocycles. The Morgan fingerprint density at radius 1 is 0.562 bits per heavy atom. The molecule has 48 heavy (non-hydrogen) atoms. The largest absolute Gasteiger partial charge is 0.462 e. The zero-order valence-electron chi connectivity index (χ0n) is 30.5. The molecule has 0 bridgehead atoms. The zero-order valence-corrected chi connectivity index (χ0v) is 30.5. The third kappa shape index (κ3) is 22.4. The zero-order chi connectivity index (χ0) is 35.2. The molecule has 10 nitrogen and oxygen atoms in total. The highest BCUT2D eigenvalue weighted by Crippen LogP contribution is 2.22. The number of carbonyl (C=O) groups is 2. The Bertz CT molecular complexity index is 764. The van der Waals surface area contributed by atoms with Gasteiger partial charge < -0.3 is 39.4 Å². The predicted molar refractivity (Wildman–Crippen MR) is 187 cm³/mol. The van der Waals surface area contributed by atoms with Gasteiger partial charge in [0.15, 0.2) is 12.4 Å². The molecular formula is C38H72O10. The van der Waals surface area contributed by atoms with Crippen molar-refractivity contribution in [1.29, 1.82) is 0 Å². The smallest absolute Gasteiger partial charge is 0.306 e. The lowest BCUT2D eigenvalue weighted by Gasteiger charge is -2.39. The summed E-state index contributed by atoms with van der Waals surface area (Å²) in [6.45, 7) is 3.38. The minimum Gasteiger partial charge on any atom is -0.462 e. The fourth-order valence-electron chi connectivity index (χ4n) is 6.07. The highest BCUT2D eigenvalue weighted by atomic mass is 16.7. The third-order valence-electron chi connectivity index (χ3n) is 9.24. The number of hydrogen-bond donors (Lipinski definition) is 4. The van der Waals surface area contributed by atoms with Gasteiger partial charge in [-0.25, -0.2) is 0 Å². The SMILES string of the molecule is CCCCCCCCCCCCCCCCCC(=O)OC[C@@H](CO[C@H]1O[C@@H](CO)[C@@H](O)C(O)C1O)OC(=O)CCCCCCCCCC. The highest BCUT2D eigenvalue weighted by Gasteiger charge is 2.44. The monoisotopic (exact) mass is 689 g/mol. The second-order valence-electron chi connectivity index (χ2n) is 13.8. The van der Waals surface area contributed by atoms with Crippen molar-refractivity contribution in [2.24, 2.45) is 0 Å². The Hall–Kier alpha value is -1.30. The lowest BCUT2D eigenvalue weighted by molar-refractivity contribution is -0.305. The number of rotatable bonds is 32. The van der Waals surface area contributed by atoms with Crippen LogP contribution in [0.25, 0.3) is 0 Å². The average molecular weight is 689 g/mol. The standard InChI is InChI=1S/C38H72O10/c1-3-5-7-9-11-13-14-15-16-17-18-19-21-22-24-26-33(40)45-29-31(47-34(41)27-25-23-20-12-10-8-6-4-2)30-46-38-37(44)36(43)35(42)32(28-39)48-38/h31-32,35-39,42-44H,3-30H2,1-2H3/t31-,32-,35+,36?,37?,38-/m0/s1. The van der Waals surface area contributed by atoms with Crippen molar-refractivity contribution in [3.63, 3.8) is 0 Å². The molecule has 2 unspecified atom stereocenters. The summed E-state index contributed by atoms with van der Waals surface area (Å²) in [5.74, 6) is -0.802. The van der Waals surface area contributed by atoms with E-state index in [0.717, 1.165) is 38.5 Å². The van der Waals surface area contributed by atoms with Crippen LogP contribution in [-0.4, -0.2) is 89.0 Å². The molecule has 0 aliphatic carbocycles. The molecule has 1 aliphatic heterocycles. The van der Waals surface area contributed by atoms with Gasteiger partial charge in [-0.15, -0.1) is 0 Å². The van der Waals surface area contributed by atoms with Crippen LogP contribution in [0.4, 0.5) is 0 Å². The Morgan fingerprint density at radius 2 is 0.979 bits per heavy atom. The molecule has 0 amide bonds. The van der Waals surface area contributed by atoms with E-state index >= 15 is 0 Å². The summed E-state index contributed by atoms with van der Waals surface area (Å²) in [6.07, 6.45) is 19.9. The molecule has 1 fully saturated rings. The summed E-state index contributed by atoms with van der Waals surface area (Å²) >= 11 is 0. The van der Waals surface area contributed by atoms with Gasteiger partial charge in [0.25, 0.3) is 0 Å². The van der Waals surface area contributed by atoms with Gasteiger partial charge >= 0.3 is 11.9 Å². The van der Waals surface area contributed by atoms with Gasteiger partial charge in [-0.3, -0.25) is 9.59 Å². The average Bonchev–Trinajstić information content (AvgIpc) is 3.08. The van der Waals surface area contributed by atoms with E-state index in [1.807, 2.05) is 0 Å². The van der Waals surface area contributed by atoms with Gasteiger partial charge in [-0.05, 0) is 12.8 Å². The summed E-state index contributed by atoms with van der Waals surface area (Å²) in [5.41, 5.74) is 0. The summed E-state index contributed by atoms with van der Waals surface area (Å²) in [7, 11) is 0. The normalized spacial score (nSPS) is 21.7. The van der Waals surface area contributed by atoms with Crippen LogP contribution in [0.3, 0.4) is 0 Å². The topological polar surface area (TPSA) is 152 Å². The molecule has 0 saturated carbocycles. The van der Waals surface area contributed by atoms with Gasteiger partial charge in [0, 0.05) is 12.8 Å². The summed E-state index contributed by atoms with van der Waals surface area (Å²) in [5, 5.41) is 39.8. The number of aliphatic hydroxyl groups excluding tert-OH is 4. The number of esters is 2. The van der Waals surface area contributed by atoms with Crippen LogP contribution in [0.1, 0.15) is 174 Å². The molecule has 1 heterocycles. The lowest BCUT2D eigenvalue weighted by Crippen LogP contribution is -2.59. The number of aliphatic hydroxyl groups is 4. The maximum atomic E-state index is 12.6. The molecule has 1 saturated heterocycles. The minimum absolute atomic E-state index is 0.210. The molecule has 6 atom stereocenters. The van der Waals surface area contributed by atoms with Crippen LogP contribution < -0.4 is 0 Å². The van der Waals surface area contributed by atoms with E-state index in [9.17, 15) is 30.0 Å². The third-order valence-corrected chi connectivity index (χ3v) is 9.24. The Labute approximate surface area is 291 Å². The highest BCUT2D eigenvalue weighted by molar-refractivity contribution is 5.70. The predicted octanol–water partition coefficient (Wildman–Crippen LogP) is 7.05. The van der Waals surface area contributed by atoms with E-state index < -0.39 is 49.4 Å². The Kier molecular flexibility index (Phi) is 28.4. The van der Waals surface area contributed by atoms with Crippen molar-refractivity contribution >= 4 is 11.9 Å². The molecule has 0 radical (unpaired) electrons. The number of ether oxygens (including phenoxy) is 4. The van der Waals surface area contributed by atoms with Crippen LogP contribution in [0, 0.1) is 0 Å². The fourth-order valence-corrected chi connectivity index (χ4v) is 6.07. The maximum Gasteiger partial charge on any atom is 0.306 e. The molecule has 0 spiro atoms. The van der Waals surface area contributed by atoms with Crippen molar-refractivity contribution in [2.45, 2.75) is 211 Å². The first kappa shape index (κ1) is 44.7. The van der Waals surface area contributed by atoms with Gasteiger partial charge in [0.05, 0.1) is 13.2 Å². The second kappa shape index (κ2) is 30.5. The van der Waals surface area contributed by atoms with Crippen LogP contribution >= 0.6 is 0 Å². The minimum atomic E-state index is -1.59. The van der Waals surface area contributed by atoms with Gasteiger partial charge in [-0.2, -0.15) is 0 Å². The second-order valence-corrected chi connectivity index (χ2v) is 13.8. The molecular weight excluding hydrogens is 616 g/mol. The quantitative estimate of drug-likeness (QED) is 0.0427. The van der Waals surface area contributed by atoms with Crippen molar-refractivity contribution < 1.29 is 49.0 Å². The summed E-state index contributed by atoms with van der Waals surface area (Å²) in [6, 6.07) is 0. The Morgan fingerprint density at radius 3 is 1.42 bits per heavy atom. The van der Waals surface area contributed by atoms with Crippen LogP contribution in [0.2, 0.25) is 0 Å². The molecule has 1 aliphatic rings. The summed E-state index contributed by atoms with van der Waals surface area (Å²) < 4.78 is 22.0. The molecule has 284 valence electrons. The van der Waals surface area contributed by atoms with E-state index in [1.165, 1.54) is 103 Å². The maximum absolute atomic E-state index is 12.6. The molecule has 10 heteroatoms. The number of unbranched alkanes of at least 4 members (excludes halogenated alkanes) is 21. The first-order chi connectivity index (χ1) is 23.3. The van der Waals surface area contributed by atoms with Crippen molar-refractivity contribution in [3.8, 4) is 0 Å². The van der Waals surface area contributed by atoms with Crippen molar-refractivity contribution in [3.05, 3.63) is 0 Å². The van der Waals surface area contributed by atoms with Crippen LogP contribution in [0.5, 0.6) is 0 Å². The van der Waals surface area contributed by atoms with E-state index in [4.69, 9.17) is 18.9 Å².